The van der Waals surface area contributed by atoms with E-state index in [2.05, 4.69) is 4.98 Å². The van der Waals surface area contributed by atoms with Crippen molar-refractivity contribution in [1.82, 2.24) is 9.88 Å². The Morgan fingerprint density at radius 3 is 2.71 bits per heavy atom. The summed E-state index contributed by atoms with van der Waals surface area (Å²) in [5, 5.41) is 0. The number of halogens is 3. The van der Waals surface area contributed by atoms with E-state index in [1.807, 2.05) is 6.07 Å². The fourth-order valence-corrected chi connectivity index (χ4v) is 3.92. The number of amides is 1. The maximum absolute atomic E-state index is 12.7. The molecule has 5 nitrogen and oxygen atoms in total. The van der Waals surface area contributed by atoms with E-state index in [1.54, 1.807) is 12.1 Å². The van der Waals surface area contributed by atoms with Crippen molar-refractivity contribution in [2.75, 3.05) is 6.79 Å². The van der Waals surface area contributed by atoms with E-state index >= 15 is 0 Å². The second-order valence-electron chi connectivity index (χ2n) is 5.93. The van der Waals surface area contributed by atoms with Crippen molar-refractivity contribution in [2.24, 2.45) is 0 Å². The zero-order valence-electron chi connectivity index (χ0n) is 14.0. The molecule has 10 heteroatoms. The van der Waals surface area contributed by atoms with Gasteiger partial charge in [-0.3, -0.25) is 14.7 Å². The number of rotatable bonds is 3. The van der Waals surface area contributed by atoms with Crippen molar-refractivity contribution >= 4 is 40.3 Å². The van der Waals surface area contributed by atoms with Gasteiger partial charge in [0.05, 0.1) is 11.4 Å². The summed E-state index contributed by atoms with van der Waals surface area (Å²) in [7, 11) is 0. The van der Waals surface area contributed by atoms with Gasteiger partial charge >= 0.3 is 6.18 Å². The average molecular weight is 424 g/mol. The number of hydrogen-bond acceptors (Lipinski definition) is 6. The Labute approximate surface area is 167 Å². The van der Waals surface area contributed by atoms with Crippen LogP contribution < -0.4 is 9.47 Å². The summed E-state index contributed by atoms with van der Waals surface area (Å²) in [5.41, 5.74) is 0.217. The Kier molecular flexibility index (Phi) is 4.76. The number of fused-ring (bicyclic) bond motifs is 1. The predicted molar refractivity (Wildman–Crippen MR) is 101 cm³/mol. The van der Waals surface area contributed by atoms with Gasteiger partial charge in [-0.15, -0.1) is 0 Å². The fourth-order valence-electron chi connectivity index (χ4n) is 2.67. The zero-order valence-corrected chi connectivity index (χ0v) is 15.7. The van der Waals surface area contributed by atoms with Crippen molar-refractivity contribution in [1.29, 1.82) is 0 Å². The number of ether oxygens (including phenoxy) is 2. The summed E-state index contributed by atoms with van der Waals surface area (Å²) in [6.45, 7) is 0.410. The number of benzene rings is 1. The lowest BCUT2D eigenvalue weighted by Gasteiger charge is -2.14. The Balaban J connectivity index is 1.51. The van der Waals surface area contributed by atoms with E-state index in [0.29, 0.717) is 26.3 Å². The summed E-state index contributed by atoms with van der Waals surface area (Å²) in [6, 6.07) is 7.50. The first-order chi connectivity index (χ1) is 13.3. The van der Waals surface area contributed by atoms with E-state index in [1.165, 1.54) is 17.0 Å². The number of pyridine rings is 1. The smallest absolute Gasteiger partial charge is 0.433 e. The highest BCUT2D eigenvalue weighted by Crippen LogP contribution is 2.36. The third-order valence-corrected chi connectivity index (χ3v) is 5.40. The minimum Gasteiger partial charge on any atom is -0.454 e. The molecule has 2 aliphatic heterocycles. The lowest BCUT2D eigenvalue weighted by atomic mass is 10.2. The topological polar surface area (TPSA) is 51.7 Å². The molecule has 1 fully saturated rings. The minimum absolute atomic E-state index is 0.156. The highest BCUT2D eigenvalue weighted by atomic mass is 32.2. The van der Waals surface area contributed by atoms with Gasteiger partial charge in [-0.2, -0.15) is 13.2 Å². The van der Waals surface area contributed by atoms with Gasteiger partial charge in [-0.05, 0) is 35.4 Å². The number of carbonyl (C=O) groups excluding carboxylic acids is 1. The quantitative estimate of drug-likeness (QED) is 0.543. The third kappa shape index (κ3) is 3.69. The van der Waals surface area contributed by atoms with Crippen LogP contribution in [-0.4, -0.2) is 26.9 Å². The van der Waals surface area contributed by atoms with Crippen molar-refractivity contribution in [3.05, 3.63) is 58.3 Å². The molecule has 0 aliphatic carbocycles. The average Bonchev–Trinajstić information content (AvgIpc) is 3.21. The standard InChI is InChI=1S/C18H11F3N2O3S2/c19-18(20,21)15-4-2-10(7-22-15)6-14-16(24)23(17(27)28-14)8-11-1-3-12-13(5-11)26-9-25-12/h1-7H,8-9H2/b14-6-. The van der Waals surface area contributed by atoms with E-state index in [4.69, 9.17) is 21.7 Å². The number of hydrogen-bond donors (Lipinski definition) is 0. The molecule has 3 heterocycles. The van der Waals surface area contributed by atoms with Gasteiger partial charge in [0.25, 0.3) is 5.91 Å². The third-order valence-electron chi connectivity index (χ3n) is 4.03. The lowest BCUT2D eigenvalue weighted by molar-refractivity contribution is -0.141. The van der Waals surface area contributed by atoms with Gasteiger partial charge in [0.2, 0.25) is 6.79 Å². The van der Waals surface area contributed by atoms with Crippen molar-refractivity contribution in [3.8, 4) is 11.5 Å². The molecule has 0 N–H and O–H groups in total. The Bertz CT molecular complexity index is 991. The van der Waals surface area contributed by atoms with E-state index in [9.17, 15) is 18.0 Å². The molecular weight excluding hydrogens is 413 g/mol. The second-order valence-corrected chi connectivity index (χ2v) is 7.61. The van der Waals surface area contributed by atoms with Crippen LogP contribution in [0.5, 0.6) is 11.5 Å². The van der Waals surface area contributed by atoms with Crippen LogP contribution in [0.15, 0.2) is 41.4 Å². The normalized spacial score (nSPS) is 17.7. The van der Waals surface area contributed by atoms with E-state index in [0.717, 1.165) is 29.6 Å². The number of thioether (sulfide) groups is 1. The molecule has 2 aromatic rings. The molecule has 2 aliphatic rings. The summed E-state index contributed by atoms with van der Waals surface area (Å²) in [6.07, 6.45) is -1.95. The number of nitrogens with zero attached hydrogens (tertiary/aromatic N) is 2. The first-order valence-corrected chi connectivity index (χ1v) is 9.21. The van der Waals surface area contributed by atoms with Crippen LogP contribution in [-0.2, 0) is 17.5 Å². The van der Waals surface area contributed by atoms with Crippen LogP contribution in [0.25, 0.3) is 6.08 Å². The highest BCUT2D eigenvalue weighted by molar-refractivity contribution is 8.26. The molecule has 0 spiro atoms. The van der Waals surface area contributed by atoms with Crippen LogP contribution in [0.2, 0.25) is 0 Å². The van der Waals surface area contributed by atoms with Crippen molar-refractivity contribution < 1.29 is 27.4 Å². The molecule has 4 rings (SSSR count). The Morgan fingerprint density at radius 2 is 2.00 bits per heavy atom. The van der Waals surface area contributed by atoms with Gasteiger partial charge < -0.3 is 9.47 Å². The number of alkyl halides is 3. The van der Waals surface area contributed by atoms with E-state index < -0.39 is 11.9 Å². The monoisotopic (exact) mass is 424 g/mol. The highest BCUT2D eigenvalue weighted by Gasteiger charge is 2.33. The molecule has 1 amide bonds. The SMILES string of the molecule is O=C1/C(=C/c2ccc(C(F)(F)F)nc2)SC(=S)N1Cc1ccc2c(c1)OCO2. The van der Waals surface area contributed by atoms with Crippen molar-refractivity contribution in [3.63, 3.8) is 0 Å². The minimum atomic E-state index is -4.51. The predicted octanol–water partition coefficient (Wildman–Crippen LogP) is 4.23. The molecule has 1 aromatic heterocycles. The molecule has 0 unspecified atom stereocenters. The lowest BCUT2D eigenvalue weighted by Crippen LogP contribution is -2.27. The van der Waals surface area contributed by atoms with Crippen LogP contribution in [0.4, 0.5) is 13.2 Å². The summed E-state index contributed by atoms with van der Waals surface area (Å²) in [4.78, 5) is 17.8. The second kappa shape index (κ2) is 7.10. The fraction of sp³-hybridized carbons (Fsp3) is 0.167. The molecule has 28 heavy (non-hydrogen) atoms. The van der Waals surface area contributed by atoms with Gasteiger partial charge in [0.1, 0.15) is 10.0 Å². The van der Waals surface area contributed by atoms with Crippen LogP contribution in [0, 0.1) is 0 Å². The van der Waals surface area contributed by atoms with Crippen LogP contribution in [0.3, 0.4) is 0 Å². The zero-order chi connectivity index (χ0) is 19.9. The number of carbonyl (C=O) groups is 1. The molecular formula is C18H11F3N2O3S2. The summed E-state index contributed by atoms with van der Waals surface area (Å²) < 4.78 is 48.8. The molecule has 0 bridgehead atoms. The number of aromatic nitrogens is 1. The van der Waals surface area contributed by atoms with Crippen LogP contribution >= 0.6 is 24.0 Å². The van der Waals surface area contributed by atoms with Crippen molar-refractivity contribution in [2.45, 2.75) is 12.7 Å². The molecule has 144 valence electrons. The maximum Gasteiger partial charge on any atom is 0.433 e. The van der Waals surface area contributed by atoms with Gasteiger partial charge in [0, 0.05) is 6.20 Å². The largest absolute Gasteiger partial charge is 0.454 e. The van der Waals surface area contributed by atoms with E-state index in [-0.39, 0.29) is 19.2 Å². The molecule has 1 saturated heterocycles. The number of thiocarbonyl (C=S) groups is 1. The van der Waals surface area contributed by atoms with Crippen LogP contribution in [0.1, 0.15) is 16.8 Å². The Hall–Kier alpha value is -2.59. The maximum atomic E-state index is 12.7. The molecule has 1 aromatic carbocycles. The molecule has 0 atom stereocenters. The van der Waals surface area contributed by atoms with Gasteiger partial charge in [-0.1, -0.05) is 36.1 Å². The summed E-state index contributed by atoms with van der Waals surface area (Å²) >= 11 is 6.38. The Morgan fingerprint density at radius 1 is 1.21 bits per heavy atom. The first-order valence-electron chi connectivity index (χ1n) is 7.98. The molecule has 0 radical (unpaired) electrons. The molecule has 0 saturated carbocycles. The first kappa shape index (κ1) is 18.8. The van der Waals surface area contributed by atoms with Gasteiger partial charge in [-0.25, -0.2) is 0 Å². The summed E-state index contributed by atoms with van der Waals surface area (Å²) in [5.74, 6) is 0.936. The van der Waals surface area contributed by atoms with Gasteiger partial charge in [0.15, 0.2) is 11.5 Å².